The van der Waals surface area contributed by atoms with E-state index in [-0.39, 0.29) is 5.56 Å². The maximum Gasteiger partial charge on any atom is 0.425 e. The lowest BCUT2D eigenvalue weighted by molar-refractivity contribution is -0.135. The summed E-state index contributed by atoms with van der Waals surface area (Å²) in [6.07, 6.45) is 4.49. The SMILES string of the molecule is Cc1cnc(Cn2cc(CN3CCC4(CC3)OCCc3c4sc(C(F)(F)F)c3CO)cn2)cn1. The number of likely N-dealkylation sites (tertiary alicyclic amines) is 1. The van der Waals surface area contributed by atoms with E-state index in [4.69, 9.17) is 4.74 Å². The van der Waals surface area contributed by atoms with Gasteiger partial charge < -0.3 is 9.84 Å². The van der Waals surface area contributed by atoms with Crippen LogP contribution in [-0.2, 0) is 42.6 Å². The zero-order valence-electron chi connectivity index (χ0n) is 18.8. The number of halogens is 3. The lowest BCUT2D eigenvalue weighted by Crippen LogP contribution is -2.45. The molecule has 2 aliphatic heterocycles. The van der Waals surface area contributed by atoms with E-state index in [0.717, 1.165) is 28.3 Å². The Balaban J connectivity index is 1.26. The van der Waals surface area contributed by atoms with Gasteiger partial charge >= 0.3 is 6.18 Å². The molecular weight excluding hydrogens is 467 g/mol. The Kier molecular flexibility index (Phi) is 6.21. The summed E-state index contributed by atoms with van der Waals surface area (Å²) < 4.78 is 48.7. The molecule has 0 atom stereocenters. The molecule has 3 aromatic rings. The van der Waals surface area contributed by atoms with Crippen LogP contribution in [0.4, 0.5) is 13.2 Å². The molecule has 1 N–H and O–H groups in total. The lowest BCUT2D eigenvalue weighted by Gasteiger charge is -2.43. The lowest BCUT2D eigenvalue weighted by atomic mass is 9.84. The van der Waals surface area contributed by atoms with Crippen molar-refractivity contribution in [1.82, 2.24) is 24.6 Å². The number of aromatic nitrogens is 4. The number of hydrogen-bond acceptors (Lipinski definition) is 7. The van der Waals surface area contributed by atoms with Gasteiger partial charge in [0.25, 0.3) is 0 Å². The van der Waals surface area contributed by atoms with Crippen LogP contribution in [0.1, 0.15) is 50.7 Å². The van der Waals surface area contributed by atoms with Crippen LogP contribution in [0, 0.1) is 6.92 Å². The number of nitrogens with zero attached hydrogens (tertiary/aromatic N) is 5. The van der Waals surface area contributed by atoms with Gasteiger partial charge in [-0.25, -0.2) is 0 Å². The van der Waals surface area contributed by atoms with Crippen LogP contribution in [0.15, 0.2) is 24.8 Å². The quantitative estimate of drug-likeness (QED) is 0.585. The molecule has 2 aliphatic rings. The van der Waals surface area contributed by atoms with Crippen LogP contribution in [0.5, 0.6) is 0 Å². The first-order valence-corrected chi connectivity index (χ1v) is 12.1. The first kappa shape index (κ1) is 23.4. The zero-order valence-corrected chi connectivity index (χ0v) is 19.6. The van der Waals surface area contributed by atoms with Gasteiger partial charge in [0.15, 0.2) is 0 Å². The number of fused-ring (bicyclic) bond motifs is 2. The van der Waals surface area contributed by atoms with E-state index in [1.165, 1.54) is 0 Å². The van der Waals surface area contributed by atoms with Crippen molar-refractivity contribution in [2.45, 2.75) is 57.7 Å². The van der Waals surface area contributed by atoms with Crippen molar-refractivity contribution in [2.75, 3.05) is 19.7 Å². The molecule has 34 heavy (non-hydrogen) atoms. The first-order valence-electron chi connectivity index (χ1n) is 11.3. The highest BCUT2D eigenvalue weighted by atomic mass is 32.1. The first-order chi connectivity index (χ1) is 16.3. The van der Waals surface area contributed by atoms with Gasteiger partial charge in [0.05, 0.1) is 43.5 Å². The highest BCUT2D eigenvalue weighted by molar-refractivity contribution is 7.12. The van der Waals surface area contributed by atoms with Crippen molar-refractivity contribution in [1.29, 1.82) is 0 Å². The van der Waals surface area contributed by atoms with Crippen molar-refractivity contribution < 1.29 is 23.0 Å². The van der Waals surface area contributed by atoms with E-state index in [0.29, 0.717) is 62.5 Å². The number of aryl methyl sites for hydroxylation is 1. The molecule has 0 unspecified atom stereocenters. The Morgan fingerprint density at radius 1 is 1.15 bits per heavy atom. The summed E-state index contributed by atoms with van der Waals surface area (Å²) in [5, 5.41) is 14.1. The third kappa shape index (κ3) is 4.49. The monoisotopic (exact) mass is 493 g/mol. The third-order valence-corrected chi connectivity index (χ3v) is 8.10. The molecular formula is C23H26F3N5O2S. The highest BCUT2D eigenvalue weighted by Gasteiger charge is 2.47. The summed E-state index contributed by atoms with van der Waals surface area (Å²) in [7, 11) is 0. The van der Waals surface area contributed by atoms with Crippen LogP contribution in [0.25, 0.3) is 0 Å². The molecule has 1 saturated heterocycles. The summed E-state index contributed by atoms with van der Waals surface area (Å²) in [5.41, 5.74) is 2.74. The summed E-state index contributed by atoms with van der Waals surface area (Å²) in [6, 6.07) is 0. The maximum absolute atomic E-state index is 13.6. The molecule has 11 heteroatoms. The van der Waals surface area contributed by atoms with Crippen LogP contribution in [-0.4, -0.2) is 49.5 Å². The molecule has 3 aromatic heterocycles. The number of aliphatic hydroxyl groups excluding tert-OH is 1. The normalized spacial score (nSPS) is 18.4. The second kappa shape index (κ2) is 9.03. The minimum absolute atomic E-state index is 0.0308. The Morgan fingerprint density at radius 2 is 1.94 bits per heavy atom. The van der Waals surface area contributed by atoms with Crippen LogP contribution in [0.2, 0.25) is 0 Å². The summed E-state index contributed by atoms with van der Waals surface area (Å²) in [6.45, 7) is 4.35. The van der Waals surface area contributed by atoms with Crippen molar-refractivity contribution >= 4 is 11.3 Å². The topological polar surface area (TPSA) is 76.3 Å². The number of piperidine rings is 1. The molecule has 0 aliphatic carbocycles. The fourth-order valence-electron chi connectivity index (χ4n) is 4.89. The smallest absolute Gasteiger partial charge is 0.392 e. The second-order valence-corrected chi connectivity index (χ2v) is 9.96. The second-order valence-electron chi connectivity index (χ2n) is 8.94. The Hall–Kier alpha value is -2.34. The third-order valence-electron chi connectivity index (χ3n) is 6.59. The molecule has 1 spiro atoms. The van der Waals surface area contributed by atoms with Crippen LogP contribution in [0.3, 0.4) is 0 Å². The fourth-order valence-corrected chi connectivity index (χ4v) is 6.31. The van der Waals surface area contributed by atoms with Gasteiger partial charge in [-0.3, -0.25) is 19.5 Å². The van der Waals surface area contributed by atoms with E-state index in [1.807, 2.05) is 24.0 Å². The molecule has 1 fully saturated rings. The van der Waals surface area contributed by atoms with Gasteiger partial charge in [0.1, 0.15) is 10.5 Å². The van der Waals surface area contributed by atoms with E-state index in [2.05, 4.69) is 20.0 Å². The summed E-state index contributed by atoms with van der Waals surface area (Å²) in [4.78, 5) is 10.9. The average Bonchev–Trinajstić information content (AvgIpc) is 3.42. The molecule has 5 heterocycles. The Morgan fingerprint density at radius 3 is 2.62 bits per heavy atom. The average molecular weight is 494 g/mol. The van der Waals surface area contributed by atoms with Crippen molar-refractivity contribution in [2.24, 2.45) is 0 Å². The van der Waals surface area contributed by atoms with Crippen molar-refractivity contribution in [3.8, 4) is 0 Å². The number of alkyl halides is 3. The van der Waals surface area contributed by atoms with Crippen molar-refractivity contribution in [3.63, 3.8) is 0 Å². The fraction of sp³-hybridized carbons (Fsp3) is 0.522. The van der Waals surface area contributed by atoms with Crippen LogP contribution < -0.4 is 0 Å². The molecule has 7 nitrogen and oxygen atoms in total. The van der Waals surface area contributed by atoms with E-state index >= 15 is 0 Å². The van der Waals surface area contributed by atoms with E-state index in [9.17, 15) is 18.3 Å². The Bertz CT molecular complexity index is 1150. The maximum atomic E-state index is 13.6. The largest absolute Gasteiger partial charge is 0.425 e. The van der Waals surface area contributed by atoms with Crippen molar-refractivity contribution in [3.05, 3.63) is 62.6 Å². The van der Waals surface area contributed by atoms with Gasteiger partial charge in [-0.15, -0.1) is 11.3 Å². The summed E-state index contributed by atoms with van der Waals surface area (Å²) >= 11 is 0.756. The van der Waals surface area contributed by atoms with Gasteiger partial charge in [-0.2, -0.15) is 18.3 Å². The summed E-state index contributed by atoms with van der Waals surface area (Å²) in [5.74, 6) is 0. The predicted molar refractivity (Wildman–Crippen MR) is 119 cm³/mol. The standard InChI is InChI=1S/C23H26F3N5O2S/c1-15-8-28-17(10-27-15)13-31-12-16(9-29-31)11-30-5-3-22(4-6-30)20-18(2-7-33-22)19(14-32)21(34-20)23(24,25)26/h8-10,12,32H,2-7,11,13-14H2,1H3. The molecule has 0 bridgehead atoms. The molecule has 0 radical (unpaired) electrons. The molecule has 0 saturated carbocycles. The van der Waals surface area contributed by atoms with E-state index in [1.54, 1.807) is 12.4 Å². The molecule has 182 valence electrons. The van der Waals surface area contributed by atoms with Gasteiger partial charge in [-0.1, -0.05) is 0 Å². The molecule has 0 aromatic carbocycles. The van der Waals surface area contributed by atoms with Gasteiger partial charge in [0.2, 0.25) is 0 Å². The number of hydrogen-bond donors (Lipinski definition) is 1. The number of ether oxygens (including phenoxy) is 1. The Labute approximate surface area is 199 Å². The molecule has 5 rings (SSSR count). The molecule has 0 amide bonds. The zero-order chi connectivity index (χ0) is 23.9. The van der Waals surface area contributed by atoms with Gasteiger partial charge in [-0.05, 0) is 31.7 Å². The minimum atomic E-state index is -4.47. The number of aliphatic hydroxyl groups is 1. The predicted octanol–water partition coefficient (Wildman–Crippen LogP) is 3.67. The number of thiophene rings is 1. The van der Waals surface area contributed by atoms with Gasteiger partial charge in [0, 0.05) is 48.0 Å². The van der Waals surface area contributed by atoms with Crippen LogP contribution >= 0.6 is 11.3 Å². The highest BCUT2D eigenvalue weighted by Crippen LogP contribution is 2.50. The minimum Gasteiger partial charge on any atom is -0.392 e. The number of rotatable bonds is 5. The van der Waals surface area contributed by atoms with E-state index < -0.39 is 23.3 Å².